The minimum Gasteiger partial charge on any atom is -0.494 e. The number of imidazole rings is 1. The van der Waals surface area contributed by atoms with E-state index in [1.807, 2.05) is 18.2 Å². The van der Waals surface area contributed by atoms with Crippen LogP contribution >= 0.6 is 11.6 Å². The van der Waals surface area contributed by atoms with Crippen LogP contribution in [0.25, 0.3) is 11.0 Å². The number of hydrogen-bond donors (Lipinski definition) is 0. The number of rotatable bonds is 6. The molecule has 1 atom stereocenters. The summed E-state index contributed by atoms with van der Waals surface area (Å²) < 4.78 is 18.5. The molecule has 4 nitrogen and oxygen atoms in total. The van der Waals surface area contributed by atoms with Gasteiger partial charge in [-0.25, -0.2) is 4.98 Å². The zero-order valence-corrected chi connectivity index (χ0v) is 12.6. The van der Waals surface area contributed by atoms with Crippen molar-refractivity contribution in [2.75, 3.05) is 19.1 Å². The quantitative estimate of drug-likeness (QED) is 0.770. The van der Waals surface area contributed by atoms with Crippen molar-refractivity contribution in [3.05, 3.63) is 24.0 Å². The molecule has 0 saturated heterocycles. The topological polar surface area (TPSA) is 44.1 Å². The minimum absolute atomic E-state index is 0.354. The van der Waals surface area contributed by atoms with Crippen LogP contribution in [0, 0.1) is 0 Å². The maximum absolute atomic E-state index is 11.1. The van der Waals surface area contributed by atoms with Crippen LogP contribution in [0.3, 0.4) is 0 Å². The molecule has 0 radical (unpaired) electrons. The molecule has 0 saturated carbocycles. The van der Waals surface area contributed by atoms with Crippen molar-refractivity contribution < 1.29 is 8.95 Å². The highest BCUT2D eigenvalue weighted by Crippen LogP contribution is 2.26. The van der Waals surface area contributed by atoms with E-state index < -0.39 is 10.8 Å². The van der Waals surface area contributed by atoms with Crippen LogP contribution in [0.1, 0.15) is 12.2 Å². The van der Waals surface area contributed by atoms with E-state index in [0.717, 1.165) is 35.6 Å². The van der Waals surface area contributed by atoms with Crippen molar-refractivity contribution in [2.45, 2.75) is 18.8 Å². The highest BCUT2D eigenvalue weighted by Gasteiger charge is 2.13. The van der Waals surface area contributed by atoms with Crippen LogP contribution < -0.4 is 4.74 Å². The SMILES string of the molecule is COc1cccc2c1nc(CCl)n2CCCS(C)=O. The molecular weight excluding hydrogens is 284 g/mol. The lowest BCUT2D eigenvalue weighted by Gasteiger charge is -2.07. The third-order valence-electron chi connectivity index (χ3n) is 2.97. The van der Waals surface area contributed by atoms with E-state index in [9.17, 15) is 4.21 Å². The van der Waals surface area contributed by atoms with Crippen LogP contribution in [0.2, 0.25) is 0 Å². The minimum atomic E-state index is -0.767. The van der Waals surface area contributed by atoms with Gasteiger partial charge >= 0.3 is 0 Å². The largest absolute Gasteiger partial charge is 0.494 e. The summed E-state index contributed by atoms with van der Waals surface area (Å²) in [6, 6.07) is 5.83. The zero-order chi connectivity index (χ0) is 13.8. The molecule has 0 aliphatic rings. The van der Waals surface area contributed by atoms with Crippen LogP contribution in [0.15, 0.2) is 18.2 Å². The van der Waals surface area contributed by atoms with Crippen molar-refractivity contribution >= 4 is 33.4 Å². The van der Waals surface area contributed by atoms with Gasteiger partial charge in [0, 0.05) is 29.4 Å². The Bertz CT molecular complexity index is 598. The molecule has 104 valence electrons. The average Bonchev–Trinajstić information content (AvgIpc) is 2.76. The van der Waals surface area contributed by atoms with Gasteiger partial charge in [-0.1, -0.05) is 6.07 Å². The maximum atomic E-state index is 11.1. The summed E-state index contributed by atoms with van der Waals surface area (Å²) in [4.78, 5) is 4.53. The van der Waals surface area contributed by atoms with Crippen LogP contribution in [-0.4, -0.2) is 32.9 Å². The molecule has 1 aromatic carbocycles. The third-order valence-corrected chi connectivity index (χ3v) is 4.08. The lowest BCUT2D eigenvalue weighted by Crippen LogP contribution is -2.06. The highest BCUT2D eigenvalue weighted by molar-refractivity contribution is 7.84. The van der Waals surface area contributed by atoms with Crippen molar-refractivity contribution in [1.29, 1.82) is 0 Å². The van der Waals surface area contributed by atoms with Crippen LogP contribution in [-0.2, 0) is 23.2 Å². The first-order valence-electron chi connectivity index (χ1n) is 6.05. The summed E-state index contributed by atoms with van der Waals surface area (Å²) in [6.07, 6.45) is 2.56. The van der Waals surface area contributed by atoms with Crippen molar-refractivity contribution in [3.63, 3.8) is 0 Å². The Morgan fingerprint density at radius 3 is 2.89 bits per heavy atom. The van der Waals surface area contributed by atoms with E-state index in [2.05, 4.69) is 9.55 Å². The summed E-state index contributed by atoms with van der Waals surface area (Å²) in [6.45, 7) is 0.769. The normalized spacial score (nSPS) is 12.8. The fourth-order valence-corrected chi connectivity index (χ4v) is 2.85. The predicted octanol–water partition coefficient (Wildman–Crippen LogP) is 2.55. The smallest absolute Gasteiger partial charge is 0.146 e. The fraction of sp³-hybridized carbons (Fsp3) is 0.462. The van der Waals surface area contributed by atoms with E-state index in [0.29, 0.717) is 11.6 Å². The van der Waals surface area contributed by atoms with Crippen molar-refractivity contribution in [3.8, 4) is 5.75 Å². The summed E-state index contributed by atoms with van der Waals surface area (Å²) >= 11 is 5.96. The number of para-hydroxylation sites is 1. The number of aromatic nitrogens is 2. The fourth-order valence-electron chi connectivity index (χ4n) is 2.11. The molecule has 0 bridgehead atoms. The molecule has 0 spiro atoms. The number of aryl methyl sites for hydroxylation is 1. The highest BCUT2D eigenvalue weighted by atomic mass is 35.5. The molecule has 1 unspecified atom stereocenters. The number of ether oxygens (including phenoxy) is 1. The average molecular weight is 301 g/mol. The Labute approximate surface area is 120 Å². The molecule has 0 fully saturated rings. The molecule has 0 N–H and O–H groups in total. The number of benzene rings is 1. The summed E-state index contributed by atoms with van der Waals surface area (Å²) in [7, 11) is 0.867. The van der Waals surface area contributed by atoms with Gasteiger partial charge in [-0.05, 0) is 18.6 Å². The Hall–Kier alpha value is -1.07. The molecule has 19 heavy (non-hydrogen) atoms. The lowest BCUT2D eigenvalue weighted by atomic mass is 10.3. The van der Waals surface area contributed by atoms with E-state index in [1.54, 1.807) is 13.4 Å². The van der Waals surface area contributed by atoms with Crippen molar-refractivity contribution in [1.82, 2.24) is 9.55 Å². The van der Waals surface area contributed by atoms with Crippen molar-refractivity contribution in [2.24, 2.45) is 0 Å². The molecular formula is C13H17ClN2O2S. The first-order valence-corrected chi connectivity index (χ1v) is 8.31. The molecule has 0 aliphatic carbocycles. The van der Waals surface area contributed by atoms with E-state index in [4.69, 9.17) is 16.3 Å². The molecule has 2 rings (SSSR count). The number of halogens is 1. The monoisotopic (exact) mass is 300 g/mol. The first kappa shape index (κ1) is 14.3. The van der Waals surface area contributed by atoms with Crippen LogP contribution in [0.5, 0.6) is 5.75 Å². The molecule has 2 aromatic rings. The number of alkyl halides is 1. The van der Waals surface area contributed by atoms with Gasteiger partial charge in [0.2, 0.25) is 0 Å². The molecule has 0 amide bonds. The number of methoxy groups -OCH3 is 1. The summed E-state index contributed by atoms with van der Waals surface area (Å²) in [5.74, 6) is 2.61. The molecule has 1 heterocycles. The van der Waals surface area contributed by atoms with Gasteiger partial charge in [-0.2, -0.15) is 0 Å². The third kappa shape index (κ3) is 3.09. The van der Waals surface area contributed by atoms with Gasteiger partial charge in [0.15, 0.2) is 0 Å². The zero-order valence-electron chi connectivity index (χ0n) is 11.1. The Balaban J connectivity index is 2.37. The number of hydrogen-bond acceptors (Lipinski definition) is 3. The van der Waals surface area contributed by atoms with E-state index in [-0.39, 0.29) is 0 Å². The van der Waals surface area contributed by atoms with Crippen LogP contribution in [0.4, 0.5) is 0 Å². The van der Waals surface area contributed by atoms with Gasteiger partial charge in [0.05, 0.1) is 18.5 Å². The van der Waals surface area contributed by atoms with Gasteiger partial charge in [0.25, 0.3) is 0 Å². The van der Waals surface area contributed by atoms with Gasteiger partial charge in [0.1, 0.15) is 17.1 Å². The maximum Gasteiger partial charge on any atom is 0.146 e. The standard InChI is InChI=1S/C13H17ClN2O2S/c1-18-11-6-3-5-10-13(11)15-12(9-14)16(10)7-4-8-19(2)17/h3,5-6H,4,7-9H2,1-2H3. The second kappa shape index (κ2) is 6.39. The van der Waals surface area contributed by atoms with Gasteiger partial charge in [-0.3, -0.25) is 4.21 Å². The summed E-state index contributed by atoms with van der Waals surface area (Å²) in [5, 5.41) is 0. The van der Waals surface area contributed by atoms with E-state index >= 15 is 0 Å². The first-order chi connectivity index (χ1) is 9.17. The second-order valence-electron chi connectivity index (χ2n) is 4.27. The molecule has 6 heteroatoms. The number of nitrogens with zero attached hydrogens (tertiary/aromatic N) is 2. The summed E-state index contributed by atoms with van der Waals surface area (Å²) in [5.41, 5.74) is 1.84. The Morgan fingerprint density at radius 1 is 1.47 bits per heavy atom. The Kier molecular flexibility index (Phi) is 4.82. The number of fused-ring (bicyclic) bond motifs is 1. The predicted molar refractivity (Wildman–Crippen MR) is 79.4 cm³/mol. The second-order valence-corrected chi connectivity index (χ2v) is 6.09. The molecule has 1 aromatic heterocycles. The Morgan fingerprint density at radius 2 is 2.26 bits per heavy atom. The van der Waals surface area contributed by atoms with E-state index in [1.165, 1.54) is 0 Å². The van der Waals surface area contributed by atoms with Gasteiger partial charge < -0.3 is 9.30 Å². The lowest BCUT2D eigenvalue weighted by molar-refractivity contribution is 0.419. The van der Waals surface area contributed by atoms with Gasteiger partial charge in [-0.15, -0.1) is 11.6 Å². The molecule has 0 aliphatic heterocycles.